The highest BCUT2D eigenvalue weighted by Crippen LogP contribution is 2.13. The lowest BCUT2D eigenvalue weighted by molar-refractivity contribution is 0.0655. The average molecular weight is 160 g/mol. The molecule has 0 radical (unpaired) electrons. The molecule has 0 aliphatic rings. The first-order chi connectivity index (χ1) is 4.90. The number of aliphatic hydroxyl groups excluding tert-OH is 1. The molecule has 1 atom stereocenters. The van der Waals surface area contributed by atoms with Gasteiger partial charge in [0.1, 0.15) is 0 Å². The highest BCUT2D eigenvalue weighted by atomic mass is 16.3. The van der Waals surface area contributed by atoms with E-state index in [2.05, 4.69) is 0 Å². The molecule has 0 aliphatic carbocycles. The number of hydrogen-bond donors (Lipinski definition) is 3. The fraction of sp³-hybridized carbons (Fsp3) is 1.00. The Labute approximate surface area is 68.8 Å². The van der Waals surface area contributed by atoms with Gasteiger partial charge in [0.05, 0.1) is 11.8 Å². The molecule has 5 N–H and O–H groups in total. The zero-order chi connectivity index (χ0) is 9.07. The standard InChI is InChI=1S/C8H20N2O/c1-4-8(9,10)7(11)5-6(2)3/h6-7,11H,4-5,9-10H2,1-3H3/t7-/m0/s1. The Kier molecular flexibility index (Phi) is 4.00. The molecule has 0 heterocycles. The van der Waals surface area contributed by atoms with Crippen molar-refractivity contribution in [3.05, 3.63) is 0 Å². The minimum absolute atomic E-state index is 0.433. The third kappa shape index (κ3) is 3.70. The summed E-state index contributed by atoms with van der Waals surface area (Å²) < 4.78 is 0. The zero-order valence-electron chi connectivity index (χ0n) is 7.67. The van der Waals surface area contributed by atoms with Crippen LogP contribution in [0.15, 0.2) is 0 Å². The van der Waals surface area contributed by atoms with E-state index in [0.29, 0.717) is 18.8 Å². The lowest BCUT2D eigenvalue weighted by Gasteiger charge is -2.29. The maximum absolute atomic E-state index is 9.50. The summed E-state index contributed by atoms with van der Waals surface area (Å²) in [6, 6.07) is 0. The average Bonchev–Trinajstić information content (AvgIpc) is 1.86. The van der Waals surface area contributed by atoms with E-state index < -0.39 is 11.8 Å². The van der Waals surface area contributed by atoms with E-state index >= 15 is 0 Å². The third-order valence-electron chi connectivity index (χ3n) is 1.93. The van der Waals surface area contributed by atoms with Crippen LogP contribution in [0.4, 0.5) is 0 Å². The molecule has 0 bridgehead atoms. The summed E-state index contributed by atoms with van der Waals surface area (Å²) in [5.74, 6) is 0.433. The molecule has 0 amide bonds. The SMILES string of the molecule is CCC(N)(N)[C@@H](O)CC(C)C. The molecule has 0 aliphatic heterocycles. The van der Waals surface area contributed by atoms with Crippen LogP contribution in [0, 0.1) is 5.92 Å². The first-order valence-electron chi connectivity index (χ1n) is 4.16. The van der Waals surface area contributed by atoms with Gasteiger partial charge in [0.25, 0.3) is 0 Å². The molecular formula is C8H20N2O. The molecule has 0 spiro atoms. The van der Waals surface area contributed by atoms with Gasteiger partial charge in [-0.2, -0.15) is 0 Å². The number of rotatable bonds is 4. The third-order valence-corrected chi connectivity index (χ3v) is 1.93. The topological polar surface area (TPSA) is 72.3 Å². The summed E-state index contributed by atoms with van der Waals surface area (Å²) in [5, 5.41) is 9.50. The summed E-state index contributed by atoms with van der Waals surface area (Å²) >= 11 is 0. The van der Waals surface area contributed by atoms with E-state index in [1.54, 1.807) is 0 Å². The van der Waals surface area contributed by atoms with Gasteiger partial charge >= 0.3 is 0 Å². The van der Waals surface area contributed by atoms with E-state index in [-0.39, 0.29) is 0 Å². The van der Waals surface area contributed by atoms with Gasteiger partial charge in [0, 0.05) is 0 Å². The molecule has 3 nitrogen and oxygen atoms in total. The van der Waals surface area contributed by atoms with Crippen LogP contribution in [-0.4, -0.2) is 16.9 Å². The summed E-state index contributed by atoms with van der Waals surface area (Å²) in [7, 11) is 0. The van der Waals surface area contributed by atoms with Gasteiger partial charge in [-0.1, -0.05) is 20.8 Å². The smallest absolute Gasteiger partial charge is 0.0900 e. The molecule has 3 heteroatoms. The van der Waals surface area contributed by atoms with Crippen LogP contribution >= 0.6 is 0 Å². The van der Waals surface area contributed by atoms with E-state index in [1.165, 1.54) is 0 Å². The molecule has 68 valence electrons. The lowest BCUT2D eigenvalue weighted by atomic mass is 9.94. The number of aliphatic hydroxyl groups is 1. The van der Waals surface area contributed by atoms with Crippen LogP contribution in [0.25, 0.3) is 0 Å². The van der Waals surface area contributed by atoms with Crippen molar-refractivity contribution in [3.8, 4) is 0 Å². The van der Waals surface area contributed by atoms with Gasteiger partial charge < -0.3 is 16.6 Å². The van der Waals surface area contributed by atoms with E-state index in [1.807, 2.05) is 20.8 Å². The van der Waals surface area contributed by atoms with Crippen molar-refractivity contribution < 1.29 is 5.11 Å². The van der Waals surface area contributed by atoms with Crippen LogP contribution in [0.2, 0.25) is 0 Å². The van der Waals surface area contributed by atoms with Gasteiger partial charge in [0.15, 0.2) is 0 Å². The Bertz CT molecular complexity index is 113. The van der Waals surface area contributed by atoms with Gasteiger partial charge in [-0.15, -0.1) is 0 Å². The van der Waals surface area contributed by atoms with E-state index in [9.17, 15) is 5.11 Å². The Hall–Kier alpha value is -0.120. The normalized spacial score (nSPS) is 15.5. The second kappa shape index (κ2) is 4.04. The molecule has 11 heavy (non-hydrogen) atoms. The van der Waals surface area contributed by atoms with Crippen molar-refractivity contribution >= 4 is 0 Å². The number of nitrogens with two attached hydrogens (primary N) is 2. The van der Waals surface area contributed by atoms with Crippen LogP contribution in [-0.2, 0) is 0 Å². The highest BCUT2D eigenvalue weighted by Gasteiger charge is 2.27. The Morgan fingerprint density at radius 1 is 1.36 bits per heavy atom. The first-order valence-corrected chi connectivity index (χ1v) is 4.16. The molecule has 0 saturated heterocycles. The monoisotopic (exact) mass is 160 g/mol. The molecule has 0 fully saturated rings. The van der Waals surface area contributed by atoms with Gasteiger partial charge in [-0.3, -0.25) is 0 Å². The molecule has 0 rings (SSSR count). The minimum atomic E-state index is -0.912. The molecule has 0 aromatic rings. The molecule has 0 aromatic carbocycles. The summed E-state index contributed by atoms with van der Waals surface area (Å²) in [4.78, 5) is 0. The highest BCUT2D eigenvalue weighted by molar-refractivity contribution is 4.84. The van der Waals surface area contributed by atoms with Crippen molar-refractivity contribution in [2.24, 2.45) is 17.4 Å². The van der Waals surface area contributed by atoms with Crippen molar-refractivity contribution in [3.63, 3.8) is 0 Å². The summed E-state index contributed by atoms with van der Waals surface area (Å²) in [6.45, 7) is 5.95. The van der Waals surface area contributed by atoms with Crippen molar-refractivity contribution in [1.82, 2.24) is 0 Å². The molecule has 0 aromatic heterocycles. The largest absolute Gasteiger partial charge is 0.390 e. The predicted octanol–water partition coefficient (Wildman–Crippen LogP) is 0.417. The second-order valence-electron chi connectivity index (χ2n) is 3.61. The minimum Gasteiger partial charge on any atom is -0.390 e. The maximum Gasteiger partial charge on any atom is 0.0900 e. The van der Waals surface area contributed by atoms with Crippen LogP contribution < -0.4 is 11.5 Å². The zero-order valence-corrected chi connectivity index (χ0v) is 7.67. The maximum atomic E-state index is 9.50. The fourth-order valence-corrected chi connectivity index (χ4v) is 0.902. The molecule has 0 saturated carbocycles. The van der Waals surface area contributed by atoms with E-state index in [4.69, 9.17) is 11.5 Å². The van der Waals surface area contributed by atoms with Crippen LogP contribution in [0.5, 0.6) is 0 Å². The van der Waals surface area contributed by atoms with Crippen molar-refractivity contribution in [2.45, 2.75) is 45.4 Å². The predicted molar refractivity (Wildman–Crippen MR) is 46.9 cm³/mol. The number of hydrogen-bond acceptors (Lipinski definition) is 3. The molecular weight excluding hydrogens is 140 g/mol. The van der Waals surface area contributed by atoms with E-state index in [0.717, 1.165) is 0 Å². The second-order valence-corrected chi connectivity index (χ2v) is 3.61. The van der Waals surface area contributed by atoms with Crippen LogP contribution in [0.1, 0.15) is 33.6 Å². The Morgan fingerprint density at radius 2 is 1.82 bits per heavy atom. The first kappa shape index (κ1) is 10.9. The Balaban J connectivity index is 3.90. The van der Waals surface area contributed by atoms with Crippen molar-refractivity contribution in [1.29, 1.82) is 0 Å². The van der Waals surface area contributed by atoms with Gasteiger partial charge in [0.2, 0.25) is 0 Å². The van der Waals surface area contributed by atoms with Crippen LogP contribution in [0.3, 0.4) is 0 Å². The Morgan fingerprint density at radius 3 is 2.09 bits per heavy atom. The lowest BCUT2D eigenvalue weighted by Crippen LogP contribution is -2.58. The quantitative estimate of drug-likeness (QED) is 0.522. The van der Waals surface area contributed by atoms with Crippen molar-refractivity contribution in [2.75, 3.05) is 0 Å². The molecule has 0 unspecified atom stereocenters. The fourth-order valence-electron chi connectivity index (χ4n) is 0.902. The summed E-state index contributed by atoms with van der Waals surface area (Å²) in [5.41, 5.74) is 10.4. The van der Waals surface area contributed by atoms with Gasteiger partial charge in [-0.25, -0.2) is 0 Å². The summed E-state index contributed by atoms with van der Waals surface area (Å²) in [6.07, 6.45) is 0.675. The van der Waals surface area contributed by atoms with Gasteiger partial charge in [-0.05, 0) is 18.8 Å².